The molecule has 0 aliphatic heterocycles. The maximum atomic E-state index is 11.6. The lowest BCUT2D eigenvalue weighted by Crippen LogP contribution is -2.07. The van der Waals surface area contributed by atoms with Gasteiger partial charge in [0.1, 0.15) is 0 Å². The Balaban J connectivity index is 2.51. The summed E-state index contributed by atoms with van der Waals surface area (Å²) in [4.78, 5) is 11.6. The summed E-state index contributed by atoms with van der Waals surface area (Å²) in [5.41, 5.74) is 0.404. The number of Topliss-reactive ketones (excluding diaryl/α,β-unsaturated/α-hetero) is 1. The summed E-state index contributed by atoms with van der Waals surface area (Å²) in [6, 6.07) is 12.8. The molecule has 0 saturated carbocycles. The molecule has 16 heavy (non-hydrogen) atoms. The maximum Gasteiger partial charge on any atom is 0.226 e. The van der Waals surface area contributed by atoms with Crippen molar-refractivity contribution in [2.75, 3.05) is 0 Å². The van der Waals surface area contributed by atoms with Crippen LogP contribution in [0.15, 0.2) is 47.6 Å². The van der Waals surface area contributed by atoms with E-state index in [9.17, 15) is 4.79 Å². The van der Waals surface area contributed by atoms with Gasteiger partial charge in [-0.25, -0.2) is 0 Å². The average Bonchev–Trinajstić information content (AvgIpc) is 2.36. The average molecular weight is 234 g/mol. The quantitative estimate of drug-likeness (QED) is 0.375. The molecule has 0 aliphatic rings. The third-order valence-corrected chi connectivity index (χ3v) is 2.53. The van der Waals surface area contributed by atoms with Gasteiger partial charge in [0.15, 0.2) is 0 Å². The Hall–Kier alpha value is -1.87. The first kappa shape index (κ1) is 10.6. The molecule has 0 saturated heterocycles. The molecule has 2 aromatic rings. The van der Waals surface area contributed by atoms with Crippen LogP contribution >= 0.6 is 11.6 Å². The zero-order valence-electron chi connectivity index (χ0n) is 8.22. The second kappa shape index (κ2) is 4.33. The smallest absolute Gasteiger partial charge is 0.226 e. The van der Waals surface area contributed by atoms with Crippen molar-refractivity contribution in [2.45, 2.75) is 0 Å². The highest BCUT2D eigenvalue weighted by Crippen LogP contribution is 2.16. The second-order valence-electron chi connectivity index (χ2n) is 3.28. The van der Waals surface area contributed by atoms with Crippen molar-refractivity contribution in [1.29, 1.82) is 0 Å². The van der Waals surface area contributed by atoms with Gasteiger partial charge < -0.3 is 5.21 Å². The first-order chi connectivity index (χ1) is 7.72. The SMILES string of the molecule is O=C(/C(Cl)=N/O)c1ccc2ccccc2c1. The highest BCUT2D eigenvalue weighted by molar-refractivity contribution is 6.84. The molecule has 0 amide bonds. The summed E-state index contributed by atoms with van der Waals surface area (Å²) < 4.78 is 0. The molecule has 0 fully saturated rings. The molecular formula is C12H8ClNO2. The number of rotatable bonds is 2. The largest absolute Gasteiger partial charge is 0.410 e. The fourth-order valence-electron chi connectivity index (χ4n) is 1.50. The van der Waals surface area contributed by atoms with Crippen molar-refractivity contribution in [3.63, 3.8) is 0 Å². The topological polar surface area (TPSA) is 49.7 Å². The number of carbonyl (C=O) groups excluding carboxylic acids is 1. The molecule has 0 bridgehead atoms. The molecule has 0 unspecified atom stereocenters. The summed E-state index contributed by atoms with van der Waals surface area (Å²) in [6.07, 6.45) is 0. The van der Waals surface area contributed by atoms with Crippen molar-refractivity contribution in [2.24, 2.45) is 5.16 Å². The predicted molar refractivity (Wildman–Crippen MR) is 63.4 cm³/mol. The van der Waals surface area contributed by atoms with E-state index in [-0.39, 0.29) is 0 Å². The molecule has 4 heteroatoms. The summed E-state index contributed by atoms with van der Waals surface area (Å²) >= 11 is 5.45. The van der Waals surface area contributed by atoms with Crippen LogP contribution in [-0.2, 0) is 0 Å². The molecule has 3 nitrogen and oxygen atoms in total. The number of halogens is 1. The molecule has 2 rings (SSSR count). The minimum atomic E-state index is -0.491. The van der Waals surface area contributed by atoms with E-state index in [4.69, 9.17) is 16.8 Å². The molecular weight excluding hydrogens is 226 g/mol. The highest BCUT2D eigenvalue weighted by Gasteiger charge is 2.12. The Morgan fingerprint density at radius 1 is 1.12 bits per heavy atom. The van der Waals surface area contributed by atoms with Gasteiger partial charge in [0.05, 0.1) is 0 Å². The van der Waals surface area contributed by atoms with Gasteiger partial charge >= 0.3 is 0 Å². The van der Waals surface area contributed by atoms with Gasteiger partial charge in [-0.2, -0.15) is 0 Å². The number of ketones is 1. The molecule has 0 heterocycles. The Kier molecular flexibility index (Phi) is 2.88. The lowest BCUT2D eigenvalue weighted by atomic mass is 10.0. The van der Waals surface area contributed by atoms with Crippen LogP contribution in [0, 0.1) is 0 Å². The minimum absolute atomic E-state index is 0.404. The van der Waals surface area contributed by atoms with Crippen molar-refractivity contribution < 1.29 is 10.0 Å². The van der Waals surface area contributed by atoms with Crippen LogP contribution in [0.2, 0.25) is 0 Å². The molecule has 2 aromatic carbocycles. The van der Waals surface area contributed by atoms with Crippen LogP contribution in [0.5, 0.6) is 0 Å². The first-order valence-electron chi connectivity index (χ1n) is 4.63. The van der Waals surface area contributed by atoms with Crippen molar-refractivity contribution >= 4 is 33.3 Å². The summed E-state index contributed by atoms with van der Waals surface area (Å²) in [5.74, 6) is -0.491. The van der Waals surface area contributed by atoms with E-state index in [1.54, 1.807) is 12.1 Å². The molecule has 0 atom stereocenters. The zero-order valence-corrected chi connectivity index (χ0v) is 8.98. The van der Waals surface area contributed by atoms with E-state index in [1.807, 2.05) is 30.3 Å². The number of hydrogen-bond acceptors (Lipinski definition) is 3. The van der Waals surface area contributed by atoms with Crippen molar-refractivity contribution in [3.8, 4) is 0 Å². The zero-order chi connectivity index (χ0) is 11.5. The van der Waals surface area contributed by atoms with Gasteiger partial charge in [-0.05, 0) is 16.8 Å². The van der Waals surface area contributed by atoms with Gasteiger partial charge in [0.25, 0.3) is 0 Å². The fraction of sp³-hybridized carbons (Fsp3) is 0. The van der Waals surface area contributed by atoms with E-state index in [0.29, 0.717) is 5.56 Å². The van der Waals surface area contributed by atoms with Gasteiger partial charge in [0, 0.05) is 5.56 Å². The number of hydrogen-bond donors (Lipinski definition) is 1. The van der Waals surface area contributed by atoms with E-state index in [1.165, 1.54) is 0 Å². The number of carbonyl (C=O) groups is 1. The standard InChI is InChI=1S/C12H8ClNO2/c13-12(14-16)11(15)10-6-5-8-3-1-2-4-9(8)7-10/h1-7,16H/b14-12-. The second-order valence-corrected chi connectivity index (χ2v) is 3.64. The number of nitrogens with zero attached hydrogens (tertiary/aromatic N) is 1. The molecule has 0 spiro atoms. The number of oxime groups is 1. The molecule has 1 N–H and O–H groups in total. The van der Waals surface area contributed by atoms with E-state index < -0.39 is 11.0 Å². The van der Waals surface area contributed by atoms with Crippen LogP contribution in [0.1, 0.15) is 10.4 Å². The normalized spacial score (nSPS) is 11.7. The molecule has 0 radical (unpaired) electrons. The lowest BCUT2D eigenvalue weighted by Gasteiger charge is -2.00. The van der Waals surface area contributed by atoms with Gasteiger partial charge in [-0.3, -0.25) is 4.79 Å². The predicted octanol–water partition coefficient (Wildman–Crippen LogP) is 3.05. The fourth-order valence-corrected chi connectivity index (χ4v) is 1.60. The van der Waals surface area contributed by atoms with Crippen molar-refractivity contribution in [3.05, 3.63) is 48.0 Å². The number of fused-ring (bicyclic) bond motifs is 1. The summed E-state index contributed by atoms with van der Waals surface area (Å²) in [5, 5.41) is 12.6. The van der Waals surface area contributed by atoms with Crippen LogP contribution in [0.3, 0.4) is 0 Å². The molecule has 0 aliphatic carbocycles. The third kappa shape index (κ3) is 1.90. The highest BCUT2D eigenvalue weighted by atomic mass is 35.5. The monoisotopic (exact) mass is 233 g/mol. The van der Waals surface area contributed by atoms with Gasteiger partial charge in [0.2, 0.25) is 11.0 Å². The summed E-state index contributed by atoms with van der Waals surface area (Å²) in [6.45, 7) is 0. The lowest BCUT2D eigenvalue weighted by molar-refractivity contribution is 0.106. The number of benzene rings is 2. The Morgan fingerprint density at radius 3 is 2.50 bits per heavy atom. The van der Waals surface area contributed by atoms with E-state index in [0.717, 1.165) is 10.8 Å². The summed E-state index contributed by atoms with van der Waals surface area (Å²) in [7, 11) is 0. The van der Waals surface area contributed by atoms with E-state index in [2.05, 4.69) is 5.16 Å². The third-order valence-electron chi connectivity index (χ3n) is 2.29. The van der Waals surface area contributed by atoms with E-state index >= 15 is 0 Å². The van der Waals surface area contributed by atoms with Crippen LogP contribution in [-0.4, -0.2) is 16.2 Å². The molecule has 0 aromatic heterocycles. The van der Waals surface area contributed by atoms with Crippen molar-refractivity contribution in [1.82, 2.24) is 0 Å². The Morgan fingerprint density at radius 2 is 1.81 bits per heavy atom. The first-order valence-corrected chi connectivity index (χ1v) is 5.01. The minimum Gasteiger partial charge on any atom is -0.410 e. The Bertz CT molecular complexity index is 578. The van der Waals surface area contributed by atoms with Gasteiger partial charge in [-0.1, -0.05) is 53.2 Å². The Labute approximate surface area is 97.0 Å². The maximum absolute atomic E-state index is 11.6. The molecule has 80 valence electrons. The van der Waals surface area contributed by atoms with Crippen LogP contribution in [0.25, 0.3) is 10.8 Å². The van der Waals surface area contributed by atoms with Gasteiger partial charge in [-0.15, -0.1) is 0 Å². The van der Waals surface area contributed by atoms with Crippen LogP contribution < -0.4 is 0 Å². The van der Waals surface area contributed by atoms with Crippen LogP contribution in [0.4, 0.5) is 0 Å².